The van der Waals surface area contributed by atoms with Gasteiger partial charge in [-0.3, -0.25) is 9.48 Å². The summed E-state index contributed by atoms with van der Waals surface area (Å²) in [5.74, 6) is -0.992. The Morgan fingerprint density at radius 1 is 1.18 bits per heavy atom. The Balaban J connectivity index is 1.49. The Morgan fingerprint density at radius 2 is 1.92 bits per heavy atom. The predicted molar refractivity (Wildman–Crippen MR) is 129 cm³/mol. The topological polar surface area (TPSA) is 76.9 Å². The molecule has 0 saturated carbocycles. The molecule has 0 aliphatic carbocycles. The zero-order chi connectivity index (χ0) is 27.8. The maximum absolute atomic E-state index is 14.4. The fraction of sp³-hybridized carbons (Fsp3) is 0.560. The molecule has 1 saturated heterocycles. The van der Waals surface area contributed by atoms with Crippen LogP contribution in [0.25, 0.3) is 0 Å². The number of fused-ring (bicyclic) bond motifs is 1. The Bertz CT molecular complexity index is 1210. The predicted octanol–water partition coefficient (Wildman–Crippen LogP) is 4.65. The molecule has 8 nitrogen and oxygen atoms in total. The van der Waals surface area contributed by atoms with Crippen LogP contribution in [0.5, 0.6) is 0 Å². The molecular weight excluding hydrogens is 532 g/mol. The maximum Gasteiger partial charge on any atom is 0.435 e. The van der Waals surface area contributed by atoms with Crippen LogP contribution in [0.1, 0.15) is 49.7 Å². The third-order valence-corrected chi connectivity index (χ3v) is 6.52. The van der Waals surface area contributed by atoms with Crippen molar-refractivity contribution in [2.45, 2.75) is 64.6 Å². The van der Waals surface area contributed by atoms with Crippen molar-refractivity contribution in [1.82, 2.24) is 19.6 Å². The van der Waals surface area contributed by atoms with E-state index in [1.165, 1.54) is 21.9 Å². The second kappa shape index (κ2) is 10.7. The van der Waals surface area contributed by atoms with E-state index in [4.69, 9.17) is 21.1 Å². The molecule has 0 N–H and O–H groups in total. The number of rotatable bonds is 4. The van der Waals surface area contributed by atoms with Crippen molar-refractivity contribution >= 4 is 23.6 Å². The summed E-state index contributed by atoms with van der Waals surface area (Å²) in [6, 6.07) is 3.92. The summed E-state index contributed by atoms with van der Waals surface area (Å²) in [5.41, 5.74) is -1.38. The van der Waals surface area contributed by atoms with Crippen molar-refractivity contribution in [3.63, 3.8) is 0 Å². The minimum Gasteiger partial charge on any atom is -0.444 e. The first-order valence-corrected chi connectivity index (χ1v) is 12.6. The number of nitrogens with zero attached hydrogens (tertiary/aromatic N) is 4. The largest absolute Gasteiger partial charge is 0.444 e. The molecule has 4 rings (SSSR count). The van der Waals surface area contributed by atoms with Crippen molar-refractivity contribution < 1.29 is 36.6 Å². The van der Waals surface area contributed by atoms with Gasteiger partial charge in [-0.05, 0) is 39.3 Å². The van der Waals surface area contributed by atoms with Gasteiger partial charge in [0.1, 0.15) is 11.4 Å². The van der Waals surface area contributed by atoms with Gasteiger partial charge in [-0.25, -0.2) is 9.18 Å². The van der Waals surface area contributed by atoms with Gasteiger partial charge in [-0.1, -0.05) is 17.7 Å². The van der Waals surface area contributed by atoms with Crippen LogP contribution in [0.4, 0.5) is 22.4 Å². The molecule has 1 unspecified atom stereocenters. The summed E-state index contributed by atoms with van der Waals surface area (Å²) < 4.78 is 67.7. The van der Waals surface area contributed by atoms with Gasteiger partial charge in [0.2, 0.25) is 5.91 Å². The third-order valence-electron chi connectivity index (χ3n) is 6.29. The van der Waals surface area contributed by atoms with E-state index >= 15 is 0 Å². The van der Waals surface area contributed by atoms with E-state index < -0.39 is 35.5 Å². The molecule has 13 heteroatoms. The molecule has 1 atom stereocenters. The van der Waals surface area contributed by atoms with E-state index in [9.17, 15) is 27.2 Å². The molecule has 1 aromatic carbocycles. The van der Waals surface area contributed by atoms with E-state index in [1.807, 2.05) is 0 Å². The number of amides is 2. The van der Waals surface area contributed by atoms with Gasteiger partial charge in [-0.2, -0.15) is 18.3 Å². The number of ether oxygens (including phenoxy) is 2. The number of carbonyl (C=O) groups excluding carboxylic acids is 2. The number of halogens is 5. The summed E-state index contributed by atoms with van der Waals surface area (Å²) >= 11 is 5.79. The van der Waals surface area contributed by atoms with Crippen molar-refractivity contribution in [1.29, 1.82) is 0 Å². The molecule has 208 valence electrons. The Hall–Kier alpha value is -2.86. The van der Waals surface area contributed by atoms with Gasteiger partial charge in [0.25, 0.3) is 0 Å². The molecule has 3 heterocycles. The summed E-state index contributed by atoms with van der Waals surface area (Å²) in [5, 5.41) is 3.92. The average Bonchev–Trinajstić information content (AvgIpc) is 3.18. The molecule has 0 radical (unpaired) electrons. The summed E-state index contributed by atoms with van der Waals surface area (Å²) in [6.45, 7) is 5.69. The highest BCUT2D eigenvalue weighted by Gasteiger charge is 2.41. The van der Waals surface area contributed by atoms with Gasteiger partial charge < -0.3 is 19.3 Å². The third kappa shape index (κ3) is 6.58. The van der Waals surface area contributed by atoms with E-state index in [0.717, 1.165) is 10.7 Å². The Kier molecular flexibility index (Phi) is 7.94. The Morgan fingerprint density at radius 3 is 2.58 bits per heavy atom. The van der Waals surface area contributed by atoms with Crippen molar-refractivity contribution in [3.05, 3.63) is 51.6 Å². The molecule has 1 aromatic heterocycles. The lowest BCUT2D eigenvalue weighted by Crippen LogP contribution is -2.49. The summed E-state index contributed by atoms with van der Waals surface area (Å²) in [7, 11) is 0. The zero-order valence-electron chi connectivity index (χ0n) is 21.3. The minimum atomic E-state index is -4.69. The normalized spacial score (nSPS) is 18.4. The standard InChI is InChI=1S/C25H29ClF4N4O4/c1-24(2,3)38-23(36)33-8-9-37-17(13-33)11-21(35)32-7-6-18-20(14-32)34(31-22(18)25(28,29)30)12-15-4-5-16(26)10-19(15)27/h4-5,10,17H,6-9,11-14H2,1-3H3. The van der Waals surface area contributed by atoms with Crippen LogP contribution in [0, 0.1) is 5.82 Å². The SMILES string of the molecule is CC(C)(C)OC(=O)N1CCOC(CC(=O)N2CCc3c(C(F)(F)F)nn(Cc4ccc(Cl)cc4F)c3C2)C1. The van der Waals surface area contributed by atoms with Crippen molar-refractivity contribution in [3.8, 4) is 0 Å². The van der Waals surface area contributed by atoms with Crippen LogP contribution in [-0.2, 0) is 40.0 Å². The number of hydrogen-bond acceptors (Lipinski definition) is 5. The monoisotopic (exact) mass is 560 g/mol. The van der Waals surface area contributed by atoms with Gasteiger partial charge in [-0.15, -0.1) is 0 Å². The van der Waals surface area contributed by atoms with Crippen molar-refractivity contribution in [2.75, 3.05) is 26.2 Å². The molecule has 0 bridgehead atoms. The van der Waals surface area contributed by atoms with Crippen LogP contribution >= 0.6 is 11.6 Å². The fourth-order valence-electron chi connectivity index (χ4n) is 4.52. The lowest BCUT2D eigenvalue weighted by Gasteiger charge is -2.35. The first-order chi connectivity index (χ1) is 17.7. The van der Waals surface area contributed by atoms with Gasteiger partial charge in [0, 0.05) is 29.2 Å². The van der Waals surface area contributed by atoms with Crippen LogP contribution in [-0.4, -0.2) is 69.5 Å². The number of alkyl halides is 3. The average molecular weight is 561 g/mol. The first-order valence-electron chi connectivity index (χ1n) is 12.2. The van der Waals surface area contributed by atoms with Crippen LogP contribution < -0.4 is 0 Å². The van der Waals surface area contributed by atoms with Crippen molar-refractivity contribution in [2.24, 2.45) is 0 Å². The molecule has 1 fully saturated rings. The highest BCUT2D eigenvalue weighted by atomic mass is 35.5. The van der Waals surface area contributed by atoms with Gasteiger partial charge in [0.05, 0.1) is 44.5 Å². The minimum absolute atomic E-state index is 0.000869. The fourth-order valence-corrected chi connectivity index (χ4v) is 4.68. The van der Waals surface area contributed by atoms with E-state index in [-0.39, 0.29) is 73.4 Å². The molecule has 38 heavy (non-hydrogen) atoms. The zero-order valence-corrected chi connectivity index (χ0v) is 22.0. The molecule has 2 aromatic rings. The van der Waals surface area contributed by atoms with Crippen LogP contribution in [0.2, 0.25) is 5.02 Å². The first kappa shape index (κ1) is 28.2. The highest BCUT2D eigenvalue weighted by Crippen LogP contribution is 2.35. The van der Waals surface area contributed by atoms with Gasteiger partial charge >= 0.3 is 12.3 Å². The van der Waals surface area contributed by atoms with Gasteiger partial charge in [0.15, 0.2) is 5.69 Å². The lowest BCUT2D eigenvalue weighted by atomic mass is 10.0. The maximum atomic E-state index is 14.4. The quantitative estimate of drug-likeness (QED) is 0.509. The molecule has 0 spiro atoms. The number of carbonyl (C=O) groups is 2. The number of hydrogen-bond donors (Lipinski definition) is 0. The smallest absolute Gasteiger partial charge is 0.435 e. The second-order valence-corrected chi connectivity index (χ2v) is 10.8. The van der Waals surface area contributed by atoms with Crippen LogP contribution in [0.3, 0.4) is 0 Å². The van der Waals surface area contributed by atoms with E-state index in [2.05, 4.69) is 5.10 Å². The number of aromatic nitrogens is 2. The summed E-state index contributed by atoms with van der Waals surface area (Å²) in [4.78, 5) is 28.5. The second-order valence-electron chi connectivity index (χ2n) is 10.4. The number of morpholine rings is 1. The number of benzene rings is 1. The van der Waals surface area contributed by atoms with E-state index in [1.54, 1.807) is 20.8 Å². The highest BCUT2D eigenvalue weighted by molar-refractivity contribution is 6.30. The molecule has 2 amide bonds. The van der Waals surface area contributed by atoms with Crippen LogP contribution in [0.15, 0.2) is 18.2 Å². The van der Waals surface area contributed by atoms with E-state index in [0.29, 0.717) is 6.54 Å². The summed E-state index contributed by atoms with van der Waals surface area (Å²) in [6.07, 6.45) is -5.88. The Labute approximate surface area is 222 Å². The lowest BCUT2D eigenvalue weighted by molar-refractivity contribution is -0.142. The molecule has 2 aliphatic rings. The molecular formula is C25H29ClF4N4O4. The molecule has 2 aliphatic heterocycles.